The van der Waals surface area contributed by atoms with Gasteiger partial charge in [-0.1, -0.05) is 28.9 Å². The van der Waals surface area contributed by atoms with E-state index in [9.17, 15) is 9.59 Å². The second kappa shape index (κ2) is 11.3. The molecule has 3 aromatic rings. The van der Waals surface area contributed by atoms with Crippen molar-refractivity contribution >= 4 is 23.4 Å². The number of amides is 2. The van der Waals surface area contributed by atoms with Gasteiger partial charge in [-0.05, 0) is 42.0 Å². The van der Waals surface area contributed by atoms with Crippen molar-refractivity contribution in [3.8, 4) is 17.1 Å². The number of hydrogen-bond acceptors (Lipinski definition) is 7. The second-order valence-electron chi connectivity index (χ2n) is 8.41. The highest BCUT2D eigenvalue weighted by atomic mass is 35.5. The number of methoxy groups -OCH3 is 1. The molecule has 0 bridgehead atoms. The lowest BCUT2D eigenvalue weighted by molar-refractivity contribution is -0.133. The summed E-state index contributed by atoms with van der Waals surface area (Å²) in [6, 6.07) is 14.3. The number of rotatable bonds is 8. The fourth-order valence-corrected chi connectivity index (χ4v) is 4.15. The van der Waals surface area contributed by atoms with Crippen molar-refractivity contribution in [2.75, 3.05) is 33.3 Å². The van der Waals surface area contributed by atoms with Gasteiger partial charge in [0.1, 0.15) is 5.75 Å². The Kier molecular flexibility index (Phi) is 7.99. The van der Waals surface area contributed by atoms with Crippen LogP contribution in [-0.2, 0) is 16.1 Å². The van der Waals surface area contributed by atoms with Crippen molar-refractivity contribution in [3.05, 3.63) is 65.0 Å². The summed E-state index contributed by atoms with van der Waals surface area (Å²) >= 11 is 5.94. The first-order valence-electron chi connectivity index (χ1n) is 11.4. The first kappa shape index (κ1) is 24.7. The van der Waals surface area contributed by atoms with Crippen LogP contribution in [-0.4, -0.2) is 65.0 Å². The third-order valence-electron chi connectivity index (χ3n) is 5.93. The van der Waals surface area contributed by atoms with E-state index < -0.39 is 6.04 Å². The molecular formula is C25H28ClN5O4. The third kappa shape index (κ3) is 6.58. The lowest BCUT2D eigenvalue weighted by Gasteiger charge is -2.34. The maximum atomic E-state index is 13.0. The SMILES string of the molecule is COc1ccc([C@@H](CC(=O)N2CCN(Cc3nc(-c4ccc(Cl)cc4)no3)CC2)NC(C)=O)cc1. The van der Waals surface area contributed by atoms with Crippen LogP contribution in [0.3, 0.4) is 0 Å². The number of nitrogens with zero attached hydrogens (tertiary/aromatic N) is 4. The molecule has 184 valence electrons. The maximum Gasteiger partial charge on any atom is 0.241 e. The molecule has 0 aliphatic carbocycles. The van der Waals surface area contributed by atoms with E-state index in [1.807, 2.05) is 41.3 Å². The third-order valence-corrected chi connectivity index (χ3v) is 6.18. The van der Waals surface area contributed by atoms with Crippen LogP contribution in [0.25, 0.3) is 11.4 Å². The predicted octanol–water partition coefficient (Wildman–Crippen LogP) is 3.31. The molecule has 1 aromatic heterocycles. The number of carbonyl (C=O) groups excluding carboxylic acids is 2. The molecule has 1 saturated heterocycles. The fourth-order valence-electron chi connectivity index (χ4n) is 4.02. The van der Waals surface area contributed by atoms with Crippen molar-refractivity contribution in [3.63, 3.8) is 0 Å². The van der Waals surface area contributed by atoms with E-state index in [2.05, 4.69) is 20.4 Å². The van der Waals surface area contributed by atoms with Gasteiger partial charge < -0.3 is 19.5 Å². The standard InChI is InChI=1S/C25H28ClN5O4/c1-17(32)27-22(18-5-9-21(34-2)10-6-18)15-24(33)31-13-11-30(12-14-31)16-23-28-25(29-35-23)19-3-7-20(26)8-4-19/h3-10,22H,11-16H2,1-2H3,(H,27,32)/t22-/m1/s1. The summed E-state index contributed by atoms with van der Waals surface area (Å²) < 4.78 is 10.6. The average Bonchev–Trinajstić information content (AvgIpc) is 3.32. The molecule has 1 fully saturated rings. The smallest absolute Gasteiger partial charge is 0.241 e. The van der Waals surface area contributed by atoms with E-state index in [0.29, 0.717) is 49.5 Å². The molecule has 1 atom stereocenters. The van der Waals surface area contributed by atoms with Crippen molar-refractivity contribution in [1.29, 1.82) is 0 Å². The molecule has 2 aromatic carbocycles. The Hall–Kier alpha value is -3.43. The Morgan fingerprint density at radius 3 is 2.40 bits per heavy atom. The molecule has 0 unspecified atom stereocenters. The van der Waals surface area contributed by atoms with E-state index in [-0.39, 0.29) is 18.2 Å². The fraction of sp³-hybridized carbons (Fsp3) is 0.360. The highest BCUT2D eigenvalue weighted by Gasteiger charge is 2.26. The molecule has 0 saturated carbocycles. The molecule has 10 heteroatoms. The van der Waals surface area contributed by atoms with Crippen molar-refractivity contribution in [1.82, 2.24) is 25.3 Å². The molecule has 9 nitrogen and oxygen atoms in total. The minimum absolute atomic E-state index is 0.00188. The van der Waals surface area contributed by atoms with E-state index in [4.69, 9.17) is 20.9 Å². The molecule has 2 heterocycles. The number of ether oxygens (including phenoxy) is 1. The van der Waals surface area contributed by atoms with Gasteiger partial charge in [0.25, 0.3) is 0 Å². The lowest BCUT2D eigenvalue weighted by atomic mass is 10.0. The zero-order chi connectivity index (χ0) is 24.8. The van der Waals surface area contributed by atoms with Crippen molar-refractivity contribution in [2.45, 2.75) is 25.9 Å². The van der Waals surface area contributed by atoms with E-state index in [1.54, 1.807) is 19.2 Å². The molecule has 1 aliphatic rings. The van der Waals surface area contributed by atoms with E-state index >= 15 is 0 Å². The summed E-state index contributed by atoms with van der Waals surface area (Å²) in [7, 11) is 1.60. The van der Waals surface area contributed by atoms with Gasteiger partial charge in [0, 0.05) is 43.7 Å². The van der Waals surface area contributed by atoms with E-state index in [0.717, 1.165) is 16.9 Å². The molecule has 1 N–H and O–H groups in total. The first-order chi connectivity index (χ1) is 16.9. The van der Waals surface area contributed by atoms with Crippen LogP contribution in [0.15, 0.2) is 53.1 Å². The number of hydrogen-bond donors (Lipinski definition) is 1. The van der Waals surface area contributed by atoms with Crippen LogP contribution in [0.2, 0.25) is 5.02 Å². The minimum atomic E-state index is -0.395. The normalized spacial score (nSPS) is 15.0. The molecule has 35 heavy (non-hydrogen) atoms. The van der Waals surface area contributed by atoms with Gasteiger partial charge in [-0.2, -0.15) is 4.98 Å². The van der Waals surface area contributed by atoms with Crippen LogP contribution in [0.4, 0.5) is 0 Å². The minimum Gasteiger partial charge on any atom is -0.497 e. The summed E-state index contributed by atoms with van der Waals surface area (Å²) in [6.07, 6.45) is 0.194. The number of aromatic nitrogens is 2. The number of piperazine rings is 1. The number of benzene rings is 2. The predicted molar refractivity (Wildman–Crippen MR) is 131 cm³/mol. The van der Waals surface area contributed by atoms with Crippen molar-refractivity contribution in [2.24, 2.45) is 0 Å². The Morgan fingerprint density at radius 2 is 1.77 bits per heavy atom. The topological polar surface area (TPSA) is 101 Å². The Balaban J connectivity index is 1.30. The van der Waals surface area contributed by atoms with Gasteiger partial charge in [-0.15, -0.1) is 0 Å². The average molecular weight is 498 g/mol. The van der Waals surface area contributed by atoms with Gasteiger partial charge in [-0.25, -0.2) is 0 Å². The van der Waals surface area contributed by atoms with Crippen LogP contribution >= 0.6 is 11.6 Å². The zero-order valence-electron chi connectivity index (χ0n) is 19.7. The second-order valence-corrected chi connectivity index (χ2v) is 8.84. The summed E-state index contributed by atoms with van der Waals surface area (Å²) in [5, 5.41) is 7.60. The molecular weight excluding hydrogens is 470 g/mol. The zero-order valence-corrected chi connectivity index (χ0v) is 20.5. The van der Waals surface area contributed by atoms with Gasteiger partial charge in [0.05, 0.1) is 26.1 Å². The Labute approximate surface area is 209 Å². The summed E-state index contributed by atoms with van der Waals surface area (Å²) in [5.41, 5.74) is 1.70. The highest BCUT2D eigenvalue weighted by molar-refractivity contribution is 6.30. The van der Waals surface area contributed by atoms with Crippen LogP contribution in [0.1, 0.15) is 30.8 Å². The Morgan fingerprint density at radius 1 is 1.09 bits per heavy atom. The maximum absolute atomic E-state index is 13.0. The van der Waals surface area contributed by atoms with E-state index in [1.165, 1.54) is 6.92 Å². The molecule has 0 spiro atoms. The van der Waals surface area contributed by atoms with Gasteiger partial charge in [-0.3, -0.25) is 14.5 Å². The largest absolute Gasteiger partial charge is 0.497 e. The van der Waals surface area contributed by atoms with Gasteiger partial charge in [0.15, 0.2) is 0 Å². The molecule has 4 rings (SSSR count). The summed E-state index contributed by atoms with van der Waals surface area (Å²) in [5.74, 6) is 1.59. The highest BCUT2D eigenvalue weighted by Crippen LogP contribution is 2.22. The Bertz CT molecular complexity index is 1140. The summed E-state index contributed by atoms with van der Waals surface area (Å²) in [4.78, 5) is 33.2. The van der Waals surface area contributed by atoms with Crippen LogP contribution in [0.5, 0.6) is 5.75 Å². The van der Waals surface area contributed by atoms with Crippen LogP contribution < -0.4 is 10.1 Å². The van der Waals surface area contributed by atoms with Crippen molar-refractivity contribution < 1.29 is 18.8 Å². The monoisotopic (exact) mass is 497 g/mol. The number of nitrogens with one attached hydrogen (secondary N) is 1. The first-order valence-corrected chi connectivity index (χ1v) is 11.8. The quantitative estimate of drug-likeness (QED) is 0.509. The number of carbonyl (C=O) groups is 2. The van der Waals surface area contributed by atoms with Gasteiger partial charge >= 0.3 is 0 Å². The number of halogens is 1. The summed E-state index contributed by atoms with van der Waals surface area (Å²) in [6.45, 7) is 4.53. The molecule has 2 amide bonds. The van der Waals surface area contributed by atoms with Gasteiger partial charge in [0.2, 0.25) is 23.5 Å². The lowest BCUT2D eigenvalue weighted by Crippen LogP contribution is -2.49. The molecule has 1 aliphatic heterocycles. The van der Waals surface area contributed by atoms with Crippen LogP contribution in [0, 0.1) is 0 Å². The molecule has 0 radical (unpaired) electrons.